The Hall–Kier alpha value is -0.600. The Morgan fingerprint density at radius 2 is 2.07 bits per heavy atom. The van der Waals surface area contributed by atoms with E-state index in [1.165, 1.54) is 5.56 Å². The van der Waals surface area contributed by atoms with E-state index in [9.17, 15) is 0 Å². The highest BCUT2D eigenvalue weighted by Crippen LogP contribution is 2.48. The van der Waals surface area contributed by atoms with Crippen molar-refractivity contribution in [1.29, 1.82) is 0 Å². The van der Waals surface area contributed by atoms with E-state index in [2.05, 4.69) is 18.8 Å². The minimum atomic E-state index is -0.0392. The van der Waals surface area contributed by atoms with Gasteiger partial charge in [0.2, 0.25) is 0 Å². The van der Waals surface area contributed by atoms with E-state index in [0.717, 1.165) is 12.8 Å². The normalized spacial score (nSPS) is 19.4. The monoisotopic (exact) mass is 210 g/mol. The Morgan fingerprint density at radius 3 is 2.50 bits per heavy atom. The fourth-order valence-corrected chi connectivity index (χ4v) is 1.90. The number of pyridine rings is 1. The molecule has 76 valence electrons. The van der Waals surface area contributed by atoms with Crippen LogP contribution in [0.5, 0.6) is 0 Å². The van der Waals surface area contributed by atoms with Gasteiger partial charge in [-0.2, -0.15) is 0 Å². The fraction of sp³-hybridized carbons (Fsp3) is 0.545. The van der Waals surface area contributed by atoms with Crippen LogP contribution in [-0.2, 0) is 5.41 Å². The third-order valence-electron chi connectivity index (χ3n) is 3.48. The molecule has 0 unspecified atom stereocenters. The first kappa shape index (κ1) is 9.94. The quantitative estimate of drug-likeness (QED) is 0.762. The molecule has 3 heteroatoms. The number of nitrogens with two attached hydrogens (primary N) is 1. The molecule has 1 aliphatic carbocycles. The number of hydrogen-bond donors (Lipinski definition) is 1. The Morgan fingerprint density at radius 1 is 1.43 bits per heavy atom. The maximum absolute atomic E-state index is 6.23. The zero-order chi connectivity index (χ0) is 10.4. The maximum atomic E-state index is 6.23. The van der Waals surface area contributed by atoms with Gasteiger partial charge < -0.3 is 5.73 Å². The van der Waals surface area contributed by atoms with Crippen molar-refractivity contribution < 1.29 is 0 Å². The smallest absolute Gasteiger partial charge is 0.129 e. The van der Waals surface area contributed by atoms with Crippen molar-refractivity contribution in [3.63, 3.8) is 0 Å². The lowest BCUT2D eigenvalue weighted by molar-refractivity contribution is 0.390. The van der Waals surface area contributed by atoms with Crippen molar-refractivity contribution in [2.75, 3.05) is 0 Å². The second kappa shape index (κ2) is 2.94. The Bertz CT molecular complexity index is 339. The van der Waals surface area contributed by atoms with Crippen LogP contribution in [0.25, 0.3) is 0 Å². The highest BCUT2D eigenvalue weighted by atomic mass is 35.5. The van der Waals surface area contributed by atoms with Crippen molar-refractivity contribution in [2.24, 2.45) is 5.73 Å². The molecular formula is C11H15ClN2. The largest absolute Gasteiger partial charge is 0.324 e. The van der Waals surface area contributed by atoms with Gasteiger partial charge in [-0.3, -0.25) is 0 Å². The van der Waals surface area contributed by atoms with Crippen LogP contribution in [0.3, 0.4) is 0 Å². The highest BCUT2D eigenvalue weighted by molar-refractivity contribution is 6.29. The summed E-state index contributed by atoms with van der Waals surface area (Å²) in [5.74, 6) is 0. The summed E-state index contributed by atoms with van der Waals surface area (Å²) >= 11 is 5.75. The molecule has 2 N–H and O–H groups in total. The predicted octanol–water partition coefficient (Wildman–Crippen LogP) is 2.50. The Labute approximate surface area is 89.5 Å². The lowest BCUT2D eigenvalue weighted by atomic mass is 9.77. The molecule has 1 saturated carbocycles. The van der Waals surface area contributed by atoms with E-state index in [1.54, 1.807) is 0 Å². The molecule has 2 nitrogen and oxygen atoms in total. The van der Waals surface area contributed by atoms with Gasteiger partial charge in [-0.1, -0.05) is 31.5 Å². The molecule has 0 aromatic carbocycles. The number of hydrogen-bond acceptors (Lipinski definition) is 2. The number of aromatic nitrogens is 1. The average molecular weight is 211 g/mol. The van der Waals surface area contributed by atoms with Gasteiger partial charge in [0.15, 0.2) is 0 Å². The van der Waals surface area contributed by atoms with Crippen LogP contribution < -0.4 is 5.73 Å². The van der Waals surface area contributed by atoms with Gasteiger partial charge in [0.05, 0.1) is 0 Å². The highest BCUT2D eigenvalue weighted by Gasteiger charge is 2.51. The van der Waals surface area contributed by atoms with E-state index in [1.807, 2.05) is 18.3 Å². The van der Waals surface area contributed by atoms with Crippen LogP contribution in [0.4, 0.5) is 0 Å². The van der Waals surface area contributed by atoms with Crippen LogP contribution in [0.15, 0.2) is 18.3 Å². The zero-order valence-electron chi connectivity index (χ0n) is 8.55. The summed E-state index contributed by atoms with van der Waals surface area (Å²) < 4.78 is 0. The molecule has 1 fully saturated rings. The number of rotatable bonds is 2. The summed E-state index contributed by atoms with van der Waals surface area (Å²) in [5, 5.41) is 0.534. The topological polar surface area (TPSA) is 38.9 Å². The second-order valence-corrected chi connectivity index (χ2v) is 5.04. The van der Waals surface area contributed by atoms with Crippen LogP contribution in [0.1, 0.15) is 32.3 Å². The summed E-state index contributed by atoms with van der Waals surface area (Å²) in [6.45, 7) is 4.34. The molecule has 0 spiro atoms. The molecule has 14 heavy (non-hydrogen) atoms. The first-order valence-electron chi connectivity index (χ1n) is 4.87. The van der Waals surface area contributed by atoms with E-state index < -0.39 is 0 Å². The van der Waals surface area contributed by atoms with E-state index in [-0.39, 0.29) is 11.0 Å². The molecule has 0 atom stereocenters. The molecule has 1 aromatic rings. The standard InChI is InChI=1S/C11H15ClN2/c1-10(2,11(13)5-6-11)8-3-4-9(12)14-7-8/h3-4,7H,5-6,13H2,1-2H3. The molecule has 1 aromatic heterocycles. The average Bonchev–Trinajstić information content (AvgIpc) is 2.86. The van der Waals surface area contributed by atoms with Gasteiger partial charge in [-0.25, -0.2) is 4.98 Å². The minimum Gasteiger partial charge on any atom is -0.324 e. The van der Waals surface area contributed by atoms with Crippen molar-refractivity contribution >= 4 is 11.6 Å². The van der Waals surface area contributed by atoms with Crippen LogP contribution in [-0.4, -0.2) is 10.5 Å². The summed E-state index contributed by atoms with van der Waals surface area (Å²) in [7, 11) is 0. The summed E-state index contributed by atoms with van der Waals surface area (Å²) in [6.07, 6.45) is 4.03. The Kier molecular flexibility index (Phi) is 2.09. The number of nitrogens with zero attached hydrogens (tertiary/aromatic N) is 1. The van der Waals surface area contributed by atoms with Gasteiger partial charge in [0, 0.05) is 17.2 Å². The van der Waals surface area contributed by atoms with Crippen LogP contribution >= 0.6 is 11.6 Å². The van der Waals surface area contributed by atoms with E-state index in [0.29, 0.717) is 5.15 Å². The van der Waals surface area contributed by atoms with Gasteiger partial charge in [-0.15, -0.1) is 0 Å². The molecule has 1 heterocycles. The first-order chi connectivity index (χ1) is 6.46. The fourth-order valence-electron chi connectivity index (χ4n) is 1.79. The lowest BCUT2D eigenvalue weighted by Crippen LogP contribution is -2.43. The number of halogens is 1. The third-order valence-corrected chi connectivity index (χ3v) is 3.71. The second-order valence-electron chi connectivity index (χ2n) is 4.65. The van der Waals surface area contributed by atoms with Crippen molar-refractivity contribution in [2.45, 2.75) is 37.6 Å². The van der Waals surface area contributed by atoms with Crippen molar-refractivity contribution in [3.8, 4) is 0 Å². The van der Waals surface area contributed by atoms with Gasteiger partial charge in [-0.05, 0) is 24.5 Å². The summed E-state index contributed by atoms with van der Waals surface area (Å²) in [5.41, 5.74) is 7.35. The molecule has 1 aliphatic rings. The Balaban J connectivity index is 2.34. The summed E-state index contributed by atoms with van der Waals surface area (Å²) in [4.78, 5) is 4.10. The zero-order valence-corrected chi connectivity index (χ0v) is 9.30. The first-order valence-corrected chi connectivity index (χ1v) is 5.24. The van der Waals surface area contributed by atoms with E-state index in [4.69, 9.17) is 17.3 Å². The minimum absolute atomic E-state index is 0.00934. The predicted molar refractivity (Wildman–Crippen MR) is 58.4 cm³/mol. The van der Waals surface area contributed by atoms with Crippen molar-refractivity contribution in [1.82, 2.24) is 4.98 Å². The molecule has 0 radical (unpaired) electrons. The van der Waals surface area contributed by atoms with E-state index >= 15 is 0 Å². The van der Waals surface area contributed by atoms with Gasteiger partial charge in [0.1, 0.15) is 5.15 Å². The van der Waals surface area contributed by atoms with Gasteiger partial charge >= 0.3 is 0 Å². The molecule has 0 bridgehead atoms. The van der Waals surface area contributed by atoms with Crippen molar-refractivity contribution in [3.05, 3.63) is 29.0 Å². The molecule has 0 saturated heterocycles. The molecule has 2 rings (SSSR count). The lowest BCUT2D eigenvalue weighted by Gasteiger charge is -2.32. The summed E-state index contributed by atoms with van der Waals surface area (Å²) in [6, 6.07) is 3.84. The third kappa shape index (κ3) is 1.43. The SMILES string of the molecule is CC(C)(c1ccc(Cl)nc1)C1(N)CC1. The molecular weight excluding hydrogens is 196 g/mol. The van der Waals surface area contributed by atoms with Gasteiger partial charge in [0.25, 0.3) is 0 Å². The maximum Gasteiger partial charge on any atom is 0.129 e. The molecule has 0 aliphatic heterocycles. The van der Waals surface area contributed by atoms with Crippen LogP contribution in [0.2, 0.25) is 5.15 Å². The molecule has 0 amide bonds. The van der Waals surface area contributed by atoms with Crippen LogP contribution in [0, 0.1) is 0 Å².